The van der Waals surface area contributed by atoms with Crippen LogP contribution in [-0.2, 0) is 9.59 Å². The Bertz CT molecular complexity index is 1030. The van der Waals surface area contributed by atoms with Gasteiger partial charge < -0.3 is 15.5 Å². The summed E-state index contributed by atoms with van der Waals surface area (Å²) in [4.78, 5) is 28.6. The van der Waals surface area contributed by atoms with Crippen molar-refractivity contribution in [3.8, 4) is 0 Å². The molecular formula is C21H18N2O4. The molecule has 136 valence electrons. The monoisotopic (exact) mass is 362 g/mol. The smallest absolute Gasteiger partial charge is 0.341 e. The first kappa shape index (κ1) is 18.1. The van der Waals surface area contributed by atoms with Crippen LogP contribution < -0.4 is 5.32 Å². The summed E-state index contributed by atoms with van der Waals surface area (Å²) < 4.78 is 0. The Kier molecular flexibility index (Phi) is 4.90. The number of allylic oxidation sites excluding steroid dienone is 1. The van der Waals surface area contributed by atoms with Gasteiger partial charge in [0.1, 0.15) is 11.3 Å². The van der Waals surface area contributed by atoms with Crippen LogP contribution in [0.15, 0.2) is 76.6 Å². The van der Waals surface area contributed by atoms with Crippen molar-refractivity contribution in [3.63, 3.8) is 0 Å². The van der Waals surface area contributed by atoms with E-state index < -0.39 is 23.1 Å². The third-order valence-corrected chi connectivity index (χ3v) is 4.21. The van der Waals surface area contributed by atoms with E-state index in [1.807, 2.05) is 25.1 Å². The van der Waals surface area contributed by atoms with Crippen LogP contribution >= 0.6 is 0 Å². The predicted molar refractivity (Wildman–Crippen MR) is 103 cm³/mol. The van der Waals surface area contributed by atoms with E-state index in [9.17, 15) is 19.8 Å². The second kappa shape index (κ2) is 7.29. The molecule has 0 fully saturated rings. The first-order valence-electron chi connectivity index (χ1n) is 8.28. The summed E-state index contributed by atoms with van der Waals surface area (Å²) in [5.74, 6) is -2.55. The van der Waals surface area contributed by atoms with Crippen LogP contribution in [0.2, 0.25) is 0 Å². The van der Waals surface area contributed by atoms with Crippen molar-refractivity contribution in [1.82, 2.24) is 0 Å². The van der Waals surface area contributed by atoms with Crippen molar-refractivity contribution >= 4 is 28.8 Å². The maximum Gasteiger partial charge on any atom is 0.341 e. The SMILES string of the molecule is Cc1ccccc1N=C1C(=O)C=C(Nc2ccccc2C)C(O)=C1C(=O)O. The standard InChI is InChI=1S/C21H18N2O4/c1-12-7-3-5-9-14(12)22-16-11-17(24)19(18(20(16)25)21(26)27)23-15-10-6-4-8-13(15)2/h3-11,22,25H,1-2H3,(H,26,27). The van der Waals surface area contributed by atoms with E-state index in [-0.39, 0.29) is 11.4 Å². The van der Waals surface area contributed by atoms with Gasteiger partial charge in [-0.2, -0.15) is 0 Å². The van der Waals surface area contributed by atoms with E-state index in [2.05, 4.69) is 10.3 Å². The highest BCUT2D eigenvalue weighted by molar-refractivity contribution is 6.56. The van der Waals surface area contributed by atoms with E-state index in [0.717, 1.165) is 17.2 Å². The summed E-state index contributed by atoms with van der Waals surface area (Å²) in [6, 6.07) is 14.3. The number of carboxylic acid groups (broad SMARTS) is 1. The third kappa shape index (κ3) is 3.64. The minimum absolute atomic E-state index is 0.0235. The zero-order chi connectivity index (χ0) is 19.6. The Labute approximate surface area is 156 Å². The van der Waals surface area contributed by atoms with Crippen LogP contribution in [-0.4, -0.2) is 27.7 Å². The van der Waals surface area contributed by atoms with Gasteiger partial charge in [0, 0.05) is 11.8 Å². The minimum atomic E-state index is -1.43. The number of hydrogen-bond donors (Lipinski definition) is 3. The third-order valence-electron chi connectivity index (χ3n) is 4.21. The second-order valence-corrected chi connectivity index (χ2v) is 6.14. The van der Waals surface area contributed by atoms with E-state index in [4.69, 9.17) is 0 Å². The molecule has 2 aromatic rings. The van der Waals surface area contributed by atoms with Gasteiger partial charge in [-0.3, -0.25) is 4.79 Å². The molecule has 0 atom stereocenters. The lowest BCUT2D eigenvalue weighted by atomic mass is 9.96. The number of aliphatic carboxylic acids is 1. The van der Waals surface area contributed by atoms with Crippen LogP contribution in [0, 0.1) is 13.8 Å². The molecule has 0 saturated heterocycles. The number of anilines is 1. The van der Waals surface area contributed by atoms with E-state index in [1.54, 1.807) is 37.3 Å². The number of carbonyl (C=O) groups excluding carboxylic acids is 1. The molecule has 0 aromatic heterocycles. The zero-order valence-corrected chi connectivity index (χ0v) is 14.9. The topological polar surface area (TPSA) is 99.0 Å². The molecule has 0 radical (unpaired) electrons. The van der Waals surface area contributed by atoms with Crippen molar-refractivity contribution in [3.05, 3.63) is 82.8 Å². The van der Waals surface area contributed by atoms with E-state index >= 15 is 0 Å². The molecule has 27 heavy (non-hydrogen) atoms. The van der Waals surface area contributed by atoms with Gasteiger partial charge in [-0.15, -0.1) is 0 Å². The van der Waals surface area contributed by atoms with Crippen LogP contribution in [0.1, 0.15) is 11.1 Å². The Morgan fingerprint density at radius 3 is 2.26 bits per heavy atom. The normalized spacial score (nSPS) is 15.7. The fraction of sp³-hybridized carbons (Fsp3) is 0.0952. The van der Waals surface area contributed by atoms with Gasteiger partial charge in [0.25, 0.3) is 0 Å². The second-order valence-electron chi connectivity index (χ2n) is 6.14. The lowest BCUT2D eigenvalue weighted by molar-refractivity contribution is -0.132. The number of para-hydroxylation sites is 2. The minimum Gasteiger partial charge on any atom is -0.505 e. The van der Waals surface area contributed by atoms with Crippen LogP contribution in [0.5, 0.6) is 0 Å². The van der Waals surface area contributed by atoms with E-state index in [1.165, 1.54) is 0 Å². The summed E-state index contributed by atoms with van der Waals surface area (Å²) in [6.45, 7) is 3.66. The molecule has 0 bridgehead atoms. The van der Waals surface area contributed by atoms with Crippen molar-refractivity contribution in [1.29, 1.82) is 0 Å². The summed E-state index contributed by atoms with van der Waals surface area (Å²) in [6.07, 6.45) is 1.16. The molecule has 0 heterocycles. The molecule has 6 nitrogen and oxygen atoms in total. The highest BCUT2D eigenvalue weighted by Crippen LogP contribution is 2.27. The largest absolute Gasteiger partial charge is 0.505 e. The number of benzene rings is 2. The summed E-state index contributed by atoms with van der Waals surface area (Å²) in [5.41, 5.74) is 2.00. The van der Waals surface area contributed by atoms with Crippen LogP contribution in [0.3, 0.4) is 0 Å². The summed E-state index contributed by atoms with van der Waals surface area (Å²) >= 11 is 0. The fourth-order valence-corrected chi connectivity index (χ4v) is 2.71. The quantitative estimate of drug-likeness (QED) is 0.718. The molecule has 3 N–H and O–H groups in total. The van der Waals surface area contributed by atoms with E-state index in [0.29, 0.717) is 11.4 Å². The number of ketones is 1. The number of aliphatic hydroxyl groups is 1. The maximum absolute atomic E-state index is 12.6. The molecule has 0 amide bonds. The number of aliphatic imine (C=N–C) groups is 1. The Balaban J connectivity index is 2.07. The number of carbonyl (C=O) groups is 2. The number of aryl methyl sites for hydroxylation is 2. The molecule has 2 aromatic carbocycles. The molecule has 6 heteroatoms. The summed E-state index contributed by atoms with van der Waals surface area (Å²) in [7, 11) is 0. The predicted octanol–water partition coefficient (Wildman–Crippen LogP) is 3.85. The lowest BCUT2D eigenvalue weighted by Gasteiger charge is -2.19. The number of nitrogens with one attached hydrogen (secondary N) is 1. The zero-order valence-electron chi connectivity index (χ0n) is 14.9. The average Bonchev–Trinajstić information content (AvgIpc) is 2.62. The van der Waals surface area contributed by atoms with Crippen molar-refractivity contribution < 1.29 is 19.8 Å². The molecular weight excluding hydrogens is 344 g/mol. The van der Waals surface area contributed by atoms with Crippen LogP contribution in [0.4, 0.5) is 11.4 Å². The van der Waals surface area contributed by atoms with Gasteiger partial charge in [0.05, 0.1) is 11.4 Å². The number of rotatable bonds is 4. The Morgan fingerprint density at radius 1 is 1.00 bits per heavy atom. The van der Waals surface area contributed by atoms with Crippen molar-refractivity contribution in [2.24, 2.45) is 4.99 Å². The first-order valence-corrected chi connectivity index (χ1v) is 8.28. The molecule has 1 aliphatic carbocycles. The Hall–Kier alpha value is -3.67. The molecule has 3 rings (SSSR count). The molecule has 0 unspecified atom stereocenters. The molecule has 0 saturated carbocycles. The highest BCUT2D eigenvalue weighted by Gasteiger charge is 2.32. The molecule has 0 spiro atoms. The van der Waals surface area contributed by atoms with Gasteiger partial charge in [-0.1, -0.05) is 36.4 Å². The lowest BCUT2D eigenvalue weighted by Crippen LogP contribution is -2.28. The van der Waals surface area contributed by atoms with Crippen molar-refractivity contribution in [2.45, 2.75) is 13.8 Å². The maximum atomic E-state index is 12.6. The van der Waals surface area contributed by atoms with Crippen LogP contribution in [0.25, 0.3) is 0 Å². The molecule has 1 aliphatic rings. The number of nitrogens with zero attached hydrogens (tertiary/aromatic N) is 1. The van der Waals surface area contributed by atoms with Crippen molar-refractivity contribution in [2.75, 3.05) is 5.32 Å². The Morgan fingerprint density at radius 2 is 1.63 bits per heavy atom. The van der Waals surface area contributed by atoms with Gasteiger partial charge in [0.15, 0.2) is 5.76 Å². The molecule has 0 aliphatic heterocycles. The van der Waals surface area contributed by atoms with Gasteiger partial charge in [0.2, 0.25) is 5.78 Å². The first-order chi connectivity index (χ1) is 12.9. The number of carboxylic acids is 1. The van der Waals surface area contributed by atoms with Gasteiger partial charge >= 0.3 is 5.97 Å². The number of aliphatic hydroxyl groups excluding tert-OH is 1. The van der Waals surface area contributed by atoms with Gasteiger partial charge in [-0.25, -0.2) is 9.79 Å². The highest BCUT2D eigenvalue weighted by atomic mass is 16.4. The fourth-order valence-electron chi connectivity index (χ4n) is 2.71. The average molecular weight is 362 g/mol. The van der Waals surface area contributed by atoms with Gasteiger partial charge in [-0.05, 0) is 37.1 Å². The summed E-state index contributed by atoms with van der Waals surface area (Å²) in [5, 5.41) is 23.0. The number of hydrogen-bond acceptors (Lipinski definition) is 5.